The van der Waals surface area contributed by atoms with Crippen molar-refractivity contribution in [1.29, 1.82) is 0 Å². The zero-order valence-corrected chi connectivity index (χ0v) is 14.2. The van der Waals surface area contributed by atoms with Crippen LogP contribution in [0, 0.1) is 12.7 Å². The van der Waals surface area contributed by atoms with Crippen LogP contribution in [0.3, 0.4) is 0 Å². The van der Waals surface area contributed by atoms with Crippen molar-refractivity contribution in [3.63, 3.8) is 0 Å². The van der Waals surface area contributed by atoms with E-state index in [1.807, 2.05) is 37.3 Å². The van der Waals surface area contributed by atoms with Gasteiger partial charge in [0, 0.05) is 10.0 Å². The molecule has 2 nitrogen and oxygen atoms in total. The van der Waals surface area contributed by atoms with Crippen LogP contribution in [-0.2, 0) is 6.61 Å². The van der Waals surface area contributed by atoms with Crippen LogP contribution in [0.1, 0.15) is 10.6 Å². The highest BCUT2D eigenvalue weighted by Crippen LogP contribution is 2.38. The number of thiazole rings is 1. The zero-order chi connectivity index (χ0) is 15.5. The van der Waals surface area contributed by atoms with Gasteiger partial charge in [-0.05, 0) is 30.7 Å². The van der Waals surface area contributed by atoms with Gasteiger partial charge in [-0.15, -0.1) is 11.3 Å². The minimum absolute atomic E-state index is 0.281. The Morgan fingerprint density at radius 2 is 1.95 bits per heavy atom. The molecule has 0 N–H and O–H groups in total. The largest absolute Gasteiger partial charge is 0.472 e. The molecule has 5 heteroatoms. The van der Waals surface area contributed by atoms with E-state index in [9.17, 15) is 4.39 Å². The lowest BCUT2D eigenvalue weighted by atomic mass is 10.2. The summed E-state index contributed by atoms with van der Waals surface area (Å²) in [6.45, 7) is 2.30. The average Bonchev–Trinajstić information content (AvgIpc) is 2.89. The first kappa shape index (κ1) is 15.2. The Morgan fingerprint density at radius 1 is 1.18 bits per heavy atom. The number of rotatable bonds is 4. The van der Waals surface area contributed by atoms with Crippen molar-refractivity contribution in [2.24, 2.45) is 0 Å². The number of hydrogen-bond donors (Lipinski definition) is 0. The lowest BCUT2D eigenvalue weighted by Gasteiger charge is -2.07. The highest BCUT2D eigenvalue weighted by molar-refractivity contribution is 9.10. The van der Waals surface area contributed by atoms with Crippen molar-refractivity contribution in [3.05, 3.63) is 69.4 Å². The van der Waals surface area contributed by atoms with Gasteiger partial charge in [-0.1, -0.05) is 46.3 Å². The second kappa shape index (κ2) is 6.58. The molecule has 22 heavy (non-hydrogen) atoms. The van der Waals surface area contributed by atoms with E-state index < -0.39 is 0 Å². The molecule has 1 heterocycles. The number of hydrogen-bond acceptors (Lipinski definition) is 3. The van der Waals surface area contributed by atoms with E-state index in [2.05, 4.69) is 20.9 Å². The number of benzene rings is 2. The molecule has 0 spiro atoms. The Hall–Kier alpha value is -1.72. The summed E-state index contributed by atoms with van der Waals surface area (Å²) >= 11 is 4.81. The molecule has 0 saturated heterocycles. The smallest absolute Gasteiger partial charge is 0.233 e. The van der Waals surface area contributed by atoms with Crippen molar-refractivity contribution >= 4 is 27.3 Å². The summed E-state index contributed by atoms with van der Waals surface area (Å²) in [5, 5.41) is 0.845. The fourth-order valence-corrected chi connectivity index (χ4v) is 3.32. The predicted molar refractivity (Wildman–Crippen MR) is 90.7 cm³/mol. The van der Waals surface area contributed by atoms with Crippen molar-refractivity contribution in [3.8, 4) is 16.3 Å². The van der Waals surface area contributed by atoms with E-state index in [1.54, 1.807) is 12.1 Å². The quantitative estimate of drug-likeness (QED) is 0.590. The van der Waals surface area contributed by atoms with Crippen molar-refractivity contribution < 1.29 is 9.13 Å². The van der Waals surface area contributed by atoms with Crippen LogP contribution in [0.25, 0.3) is 10.4 Å². The third-order valence-corrected chi connectivity index (χ3v) is 4.57. The van der Waals surface area contributed by atoms with Gasteiger partial charge in [0.2, 0.25) is 5.88 Å². The van der Waals surface area contributed by atoms with Crippen LogP contribution < -0.4 is 4.74 Å². The lowest BCUT2D eigenvalue weighted by Crippen LogP contribution is -1.97. The molecule has 3 rings (SSSR count). The van der Waals surface area contributed by atoms with Gasteiger partial charge in [0.25, 0.3) is 0 Å². The Kier molecular flexibility index (Phi) is 4.55. The SMILES string of the molecule is Cc1nc(OCc2ccccc2)c(-c2cc(Br)ccc2F)s1. The molecule has 3 aromatic rings. The molecule has 0 aliphatic carbocycles. The molecule has 0 atom stereocenters. The van der Waals surface area contributed by atoms with Crippen molar-refractivity contribution in [1.82, 2.24) is 4.98 Å². The topological polar surface area (TPSA) is 22.1 Å². The number of ether oxygens (including phenoxy) is 1. The van der Waals surface area contributed by atoms with Gasteiger partial charge in [-0.3, -0.25) is 0 Å². The van der Waals surface area contributed by atoms with Crippen LogP contribution >= 0.6 is 27.3 Å². The Labute approximate surface area is 140 Å². The van der Waals surface area contributed by atoms with E-state index in [0.29, 0.717) is 22.9 Å². The van der Waals surface area contributed by atoms with Crippen LogP contribution in [0.5, 0.6) is 5.88 Å². The Balaban J connectivity index is 1.91. The molecule has 0 bridgehead atoms. The Morgan fingerprint density at radius 3 is 2.73 bits per heavy atom. The number of aromatic nitrogens is 1. The third kappa shape index (κ3) is 3.36. The number of aryl methyl sites for hydroxylation is 1. The zero-order valence-electron chi connectivity index (χ0n) is 11.8. The molecule has 0 aliphatic rings. The van der Waals surface area contributed by atoms with E-state index in [1.165, 1.54) is 17.4 Å². The van der Waals surface area contributed by atoms with Gasteiger partial charge in [-0.25, -0.2) is 9.37 Å². The minimum atomic E-state index is -0.281. The van der Waals surface area contributed by atoms with Crippen molar-refractivity contribution in [2.75, 3.05) is 0 Å². The maximum absolute atomic E-state index is 14.1. The van der Waals surface area contributed by atoms with Crippen LogP contribution in [-0.4, -0.2) is 4.98 Å². The molecule has 2 aromatic carbocycles. The first-order chi connectivity index (χ1) is 10.6. The average molecular weight is 378 g/mol. The fraction of sp³-hybridized carbons (Fsp3) is 0.118. The molecule has 0 radical (unpaired) electrons. The first-order valence-electron chi connectivity index (χ1n) is 6.73. The van der Waals surface area contributed by atoms with E-state index in [-0.39, 0.29) is 5.82 Å². The molecular formula is C17H13BrFNOS. The minimum Gasteiger partial charge on any atom is -0.472 e. The maximum atomic E-state index is 14.1. The monoisotopic (exact) mass is 377 g/mol. The van der Waals surface area contributed by atoms with E-state index >= 15 is 0 Å². The van der Waals surface area contributed by atoms with Gasteiger partial charge >= 0.3 is 0 Å². The summed E-state index contributed by atoms with van der Waals surface area (Å²) in [6.07, 6.45) is 0. The predicted octanol–water partition coefficient (Wildman–Crippen LogP) is 5.60. The molecule has 112 valence electrons. The normalized spacial score (nSPS) is 10.7. The van der Waals surface area contributed by atoms with E-state index in [4.69, 9.17) is 4.74 Å². The molecule has 0 fully saturated rings. The summed E-state index contributed by atoms with van der Waals surface area (Å²) < 4.78 is 20.7. The lowest BCUT2D eigenvalue weighted by molar-refractivity contribution is 0.296. The molecule has 0 saturated carbocycles. The van der Waals surface area contributed by atoms with Gasteiger partial charge in [0.1, 0.15) is 17.3 Å². The first-order valence-corrected chi connectivity index (χ1v) is 8.34. The van der Waals surface area contributed by atoms with Gasteiger partial charge in [0.15, 0.2) is 0 Å². The standard InChI is InChI=1S/C17H13BrFNOS/c1-11-20-17(21-10-12-5-3-2-4-6-12)16(22-11)14-9-13(18)7-8-15(14)19/h2-9H,10H2,1H3. The van der Waals surface area contributed by atoms with Gasteiger partial charge in [0.05, 0.1) is 5.01 Å². The molecule has 0 amide bonds. The number of halogens is 2. The summed E-state index contributed by atoms with van der Waals surface area (Å²) in [7, 11) is 0. The van der Waals surface area contributed by atoms with Crippen molar-refractivity contribution in [2.45, 2.75) is 13.5 Å². The second-order valence-electron chi connectivity index (χ2n) is 4.77. The summed E-state index contributed by atoms with van der Waals surface area (Å²) in [4.78, 5) is 5.10. The summed E-state index contributed by atoms with van der Waals surface area (Å²) in [5.74, 6) is 0.194. The van der Waals surface area contributed by atoms with Gasteiger partial charge < -0.3 is 4.74 Å². The fourth-order valence-electron chi connectivity index (χ4n) is 2.07. The highest BCUT2D eigenvalue weighted by Gasteiger charge is 2.16. The van der Waals surface area contributed by atoms with E-state index in [0.717, 1.165) is 15.0 Å². The summed E-state index contributed by atoms with van der Waals surface area (Å²) in [5.41, 5.74) is 1.55. The maximum Gasteiger partial charge on any atom is 0.233 e. The molecule has 0 aliphatic heterocycles. The Bertz CT molecular complexity index is 789. The molecular weight excluding hydrogens is 365 g/mol. The van der Waals surface area contributed by atoms with Crippen LogP contribution in [0.4, 0.5) is 4.39 Å². The second-order valence-corrected chi connectivity index (χ2v) is 6.88. The highest BCUT2D eigenvalue weighted by atomic mass is 79.9. The van der Waals surface area contributed by atoms with Crippen LogP contribution in [0.2, 0.25) is 0 Å². The molecule has 1 aromatic heterocycles. The van der Waals surface area contributed by atoms with Crippen LogP contribution in [0.15, 0.2) is 53.0 Å². The van der Waals surface area contributed by atoms with Gasteiger partial charge in [-0.2, -0.15) is 0 Å². The summed E-state index contributed by atoms with van der Waals surface area (Å²) in [6, 6.07) is 14.7. The third-order valence-electron chi connectivity index (χ3n) is 3.09. The number of nitrogens with zero attached hydrogens (tertiary/aromatic N) is 1. The molecule has 0 unspecified atom stereocenters.